The minimum Gasteiger partial charge on any atom is -0.480 e. The smallest absolute Gasteiger partial charge is 0.320 e. The van der Waals surface area contributed by atoms with Crippen molar-refractivity contribution >= 4 is 17.6 Å². The summed E-state index contributed by atoms with van der Waals surface area (Å²) in [5, 5.41) is 11.7. The van der Waals surface area contributed by atoms with Crippen LogP contribution in [0.5, 0.6) is 0 Å². The minimum absolute atomic E-state index is 0.0853. The first-order valence-corrected chi connectivity index (χ1v) is 7.37. The fourth-order valence-corrected chi connectivity index (χ4v) is 1.96. The number of aliphatic carboxylic acids is 1. The van der Waals surface area contributed by atoms with Gasteiger partial charge in [0.1, 0.15) is 6.04 Å². The number of rotatable bonds is 9. The van der Waals surface area contributed by atoms with Gasteiger partial charge in [0.25, 0.3) is 0 Å². The molecule has 0 saturated carbocycles. The van der Waals surface area contributed by atoms with E-state index in [1.807, 2.05) is 37.4 Å². The summed E-state index contributed by atoms with van der Waals surface area (Å²) in [5.41, 5.74) is 1.14. The third-order valence-electron chi connectivity index (χ3n) is 3.60. The van der Waals surface area contributed by atoms with Gasteiger partial charge in [0.05, 0.1) is 6.54 Å². The van der Waals surface area contributed by atoms with Crippen LogP contribution in [0.2, 0.25) is 0 Å². The predicted molar refractivity (Wildman–Crippen MR) is 87.1 cm³/mol. The molecule has 22 heavy (non-hydrogen) atoms. The first kappa shape index (κ1) is 18.0. The molecular formula is C16H25N3O3. The number of likely N-dealkylation sites (N-methyl/N-ethyl adjacent to an activating group) is 1. The second kappa shape index (κ2) is 9.04. The van der Waals surface area contributed by atoms with Crippen LogP contribution in [0.25, 0.3) is 0 Å². The highest BCUT2D eigenvalue weighted by molar-refractivity contribution is 5.79. The van der Waals surface area contributed by atoms with E-state index in [4.69, 9.17) is 5.11 Å². The van der Waals surface area contributed by atoms with Crippen molar-refractivity contribution in [2.75, 3.05) is 38.6 Å². The molecule has 0 saturated heterocycles. The number of carboxylic acid groups (broad SMARTS) is 1. The zero-order chi connectivity index (χ0) is 16.5. The molecule has 1 amide bonds. The Labute approximate surface area is 131 Å². The monoisotopic (exact) mass is 307 g/mol. The van der Waals surface area contributed by atoms with E-state index in [0.717, 1.165) is 18.7 Å². The van der Waals surface area contributed by atoms with Crippen LogP contribution in [0, 0.1) is 0 Å². The summed E-state index contributed by atoms with van der Waals surface area (Å²) in [7, 11) is 3.64. The molecule has 6 nitrogen and oxygen atoms in total. The van der Waals surface area contributed by atoms with Gasteiger partial charge >= 0.3 is 5.97 Å². The van der Waals surface area contributed by atoms with Gasteiger partial charge in [-0.05, 0) is 32.5 Å². The van der Waals surface area contributed by atoms with Crippen LogP contribution in [-0.4, -0.2) is 61.7 Å². The van der Waals surface area contributed by atoms with E-state index in [1.165, 1.54) is 4.90 Å². The summed E-state index contributed by atoms with van der Waals surface area (Å²) in [6.07, 6.45) is 0.829. The third-order valence-corrected chi connectivity index (χ3v) is 3.60. The van der Waals surface area contributed by atoms with Crippen LogP contribution < -0.4 is 10.2 Å². The van der Waals surface area contributed by atoms with Crippen molar-refractivity contribution in [2.24, 2.45) is 0 Å². The molecule has 0 radical (unpaired) electrons. The average molecular weight is 307 g/mol. The lowest BCUT2D eigenvalue weighted by atomic mass is 10.3. The number of carboxylic acids is 1. The Morgan fingerprint density at radius 2 is 1.86 bits per heavy atom. The lowest BCUT2D eigenvalue weighted by molar-refractivity contribution is -0.142. The number of carbonyl (C=O) groups is 2. The van der Waals surface area contributed by atoms with Crippen LogP contribution in [0.4, 0.5) is 5.69 Å². The number of nitrogens with zero attached hydrogens (tertiary/aromatic N) is 2. The molecule has 1 unspecified atom stereocenters. The first-order valence-electron chi connectivity index (χ1n) is 7.37. The van der Waals surface area contributed by atoms with Crippen LogP contribution in [-0.2, 0) is 9.59 Å². The fourth-order valence-electron chi connectivity index (χ4n) is 1.96. The van der Waals surface area contributed by atoms with Crippen LogP contribution in [0.3, 0.4) is 0 Å². The molecule has 0 fully saturated rings. The molecule has 6 heteroatoms. The van der Waals surface area contributed by atoms with Gasteiger partial charge in [-0.3, -0.25) is 14.5 Å². The van der Waals surface area contributed by atoms with E-state index in [-0.39, 0.29) is 12.5 Å². The molecule has 122 valence electrons. The highest BCUT2D eigenvalue weighted by atomic mass is 16.4. The summed E-state index contributed by atoms with van der Waals surface area (Å²) in [6, 6.07) is 9.38. The molecule has 0 aliphatic rings. The van der Waals surface area contributed by atoms with Crippen molar-refractivity contribution in [1.29, 1.82) is 0 Å². The fraction of sp³-hybridized carbons (Fsp3) is 0.500. The van der Waals surface area contributed by atoms with Crippen LogP contribution >= 0.6 is 0 Å². The van der Waals surface area contributed by atoms with Gasteiger partial charge in [-0.15, -0.1) is 0 Å². The van der Waals surface area contributed by atoms with Gasteiger partial charge in [0.15, 0.2) is 0 Å². The van der Waals surface area contributed by atoms with Gasteiger partial charge in [-0.1, -0.05) is 18.2 Å². The van der Waals surface area contributed by atoms with Crippen molar-refractivity contribution in [2.45, 2.75) is 19.4 Å². The maximum absolute atomic E-state index is 11.7. The normalized spacial score (nSPS) is 12.0. The standard InChI is InChI=1S/C16H25N3O3/c1-13(16(21)22)19(3)12-15(20)17-10-7-11-18(2)14-8-5-4-6-9-14/h4-6,8-9,13H,7,10-12H2,1-3H3,(H,17,20)(H,21,22). The summed E-state index contributed by atoms with van der Waals surface area (Å²) < 4.78 is 0. The molecule has 0 aliphatic heterocycles. The highest BCUT2D eigenvalue weighted by Crippen LogP contribution is 2.10. The number of hydrogen-bond donors (Lipinski definition) is 2. The SMILES string of the molecule is CC(C(=O)O)N(C)CC(=O)NCCCN(C)c1ccccc1. The molecule has 1 rings (SSSR count). The van der Waals surface area contributed by atoms with E-state index >= 15 is 0 Å². The third kappa shape index (κ3) is 6.13. The number of anilines is 1. The summed E-state index contributed by atoms with van der Waals surface area (Å²) in [6.45, 7) is 3.06. The van der Waals surface area contributed by atoms with E-state index in [9.17, 15) is 9.59 Å². The maximum Gasteiger partial charge on any atom is 0.320 e. The quantitative estimate of drug-likeness (QED) is 0.667. The summed E-state index contributed by atoms with van der Waals surface area (Å²) in [4.78, 5) is 26.2. The Balaban J connectivity index is 2.21. The van der Waals surface area contributed by atoms with Gasteiger partial charge in [-0.25, -0.2) is 0 Å². The largest absolute Gasteiger partial charge is 0.480 e. The zero-order valence-corrected chi connectivity index (χ0v) is 13.5. The maximum atomic E-state index is 11.7. The van der Waals surface area contributed by atoms with Crippen molar-refractivity contribution in [1.82, 2.24) is 10.2 Å². The van der Waals surface area contributed by atoms with Gasteiger partial charge in [0.2, 0.25) is 5.91 Å². The molecular weight excluding hydrogens is 282 g/mol. The highest BCUT2D eigenvalue weighted by Gasteiger charge is 2.18. The number of amides is 1. The number of carbonyl (C=O) groups excluding carboxylic acids is 1. The molecule has 1 atom stereocenters. The van der Waals surface area contributed by atoms with Crippen molar-refractivity contribution in [3.8, 4) is 0 Å². The Morgan fingerprint density at radius 1 is 1.23 bits per heavy atom. The van der Waals surface area contributed by atoms with Gasteiger partial charge in [0, 0.05) is 25.8 Å². The summed E-state index contributed by atoms with van der Waals surface area (Å²) >= 11 is 0. The first-order chi connectivity index (χ1) is 10.4. The Bertz CT molecular complexity index is 479. The molecule has 0 bridgehead atoms. The van der Waals surface area contributed by atoms with E-state index < -0.39 is 12.0 Å². The van der Waals surface area contributed by atoms with Crippen LogP contribution in [0.15, 0.2) is 30.3 Å². The zero-order valence-electron chi connectivity index (χ0n) is 13.5. The molecule has 0 aliphatic carbocycles. The Kier molecular flexibility index (Phi) is 7.39. The number of para-hydroxylation sites is 1. The molecule has 0 spiro atoms. The topological polar surface area (TPSA) is 72.9 Å². The van der Waals surface area contributed by atoms with Gasteiger partial charge in [-0.2, -0.15) is 0 Å². The van der Waals surface area contributed by atoms with Crippen LogP contribution in [0.1, 0.15) is 13.3 Å². The van der Waals surface area contributed by atoms with E-state index in [1.54, 1.807) is 14.0 Å². The predicted octanol–water partition coefficient (Wildman–Crippen LogP) is 1.03. The Morgan fingerprint density at radius 3 is 2.45 bits per heavy atom. The minimum atomic E-state index is -0.931. The molecule has 0 heterocycles. The van der Waals surface area contributed by atoms with Gasteiger partial charge < -0.3 is 15.3 Å². The average Bonchev–Trinajstić information content (AvgIpc) is 2.51. The number of nitrogens with one attached hydrogen (secondary N) is 1. The van der Waals surface area contributed by atoms with E-state index in [2.05, 4.69) is 10.2 Å². The Hall–Kier alpha value is -2.08. The number of benzene rings is 1. The molecule has 1 aromatic rings. The molecule has 1 aromatic carbocycles. The second-order valence-corrected chi connectivity index (χ2v) is 5.39. The molecule has 2 N–H and O–H groups in total. The van der Waals surface area contributed by atoms with Crippen molar-refractivity contribution < 1.29 is 14.7 Å². The lowest BCUT2D eigenvalue weighted by Crippen LogP contribution is -2.43. The van der Waals surface area contributed by atoms with Crippen molar-refractivity contribution in [3.05, 3.63) is 30.3 Å². The molecule has 0 aromatic heterocycles. The lowest BCUT2D eigenvalue weighted by Gasteiger charge is -2.21. The second-order valence-electron chi connectivity index (χ2n) is 5.39. The number of hydrogen-bond acceptors (Lipinski definition) is 4. The summed E-state index contributed by atoms with van der Waals surface area (Å²) in [5.74, 6) is -1.09. The van der Waals surface area contributed by atoms with E-state index in [0.29, 0.717) is 6.54 Å². The van der Waals surface area contributed by atoms with Crippen molar-refractivity contribution in [3.63, 3.8) is 0 Å².